The standard InChI is InChI=1S/C18H18BrNO/c19-15-10-4-5-11-16(15)20-17(21)18(12-6-7-13-18)14-8-2-1-3-9-14/h1-5,8-11H,6-7,12-13H2,(H,20,21). The van der Waals surface area contributed by atoms with Gasteiger partial charge >= 0.3 is 0 Å². The lowest BCUT2D eigenvalue weighted by Gasteiger charge is -2.28. The molecule has 0 spiro atoms. The number of nitrogens with one attached hydrogen (secondary N) is 1. The van der Waals surface area contributed by atoms with Gasteiger partial charge in [0.15, 0.2) is 0 Å². The summed E-state index contributed by atoms with van der Waals surface area (Å²) >= 11 is 3.49. The van der Waals surface area contributed by atoms with Crippen LogP contribution in [-0.2, 0) is 10.2 Å². The monoisotopic (exact) mass is 343 g/mol. The van der Waals surface area contributed by atoms with Crippen molar-refractivity contribution >= 4 is 27.5 Å². The fourth-order valence-electron chi connectivity index (χ4n) is 3.19. The summed E-state index contributed by atoms with van der Waals surface area (Å²) < 4.78 is 0.916. The van der Waals surface area contributed by atoms with E-state index in [1.165, 1.54) is 0 Å². The van der Waals surface area contributed by atoms with Crippen LogP contribution in [0.1, 0.15) is 31.2 Å². The fraction of sp³-hybridized carbons (Fsp3) is 0.278. The van der Waals surface area contributed by atoms with Gasteiger partial charge < -0.3 is 5.32 Å². The number of hydrogen-bond donors (Lipinski definition) is 1. The number of carbonyl (C=O) groups excluding carboxylic acids is 1. The molecular formula is C18H18BrNO. The first-order valence-electron chi connectivity index (χ1n) is 7.34. The number of amides is 1. The molecule has 21 heavy (non-hydrogen) atoms. The van der Waals surface area contributed by atoms with Gasteiger partial charge in [-0.05, 0) is 46.5 Å². The van der Waals surface area contributed by atoms with Gasteiger partial charge in [-0.1, -0.05) is 55.3 Å². The van der Waals surface area contributed by atoms with Gasteiger partial charge in [0.25, 0.3) is 0 Å². The van der Waals surface area contributed by atoms with Crippen LogP contribution in [-0.4, -0.2) is 5.91 Å². The lowest BCUT2D eigenvalue weighted by Crippen LogP contribution is -2.38. The minimum atomic E-state index is -0.378. The third-order valence-corrected chi connectivity index (χ3v) is 5.03. The topological polar surface area (TPSA) is 29.1 Å². The number of halogens is 1. The SMILES string of the molecule is O=C(Nc1ccccc1Br)C1(c2ccccc2)CCCC1. The third kappa shape index (κ3) is 2.75. The van der Waals surface area contributed by atoms with Crippen molar-refractivity contribution in [3.8, 4) is 0 Å². The maximum absolute atomic E-state index is 13.0. The van der Waals surface area contributed by atoms with Crippen LogP contribution >= 0.6 is 15.9 Å². The van der Waals surface area contributed by atoms with Crippen molar-refractivity contribution < 1.29 is 4.79 Å². The van der Waals surface area contributed by atoms with E-state index in [9.17, 15) is 4.79 Å². The number of para-hydroxylation sites is 1. The Morgan fingerprint density at radius 1 is 0.952 bits per heavy atom. The zero-order valence-electron chi connectivity index (χ0n) is 11.8. The first-order chi connectivity index (χ1) is 10.2. The molecule has 2 aromatic carbocycles. The summed E-state index contributed by atoms with van der Waals surface area (Å²) in [4.78, 5) is 13.0. The highest BCUT2D eigenvalue weighted by Gasteiger charge is 2.42. The highest BCUT2D eigenvalue weighted by atomic mass is 79.9. The van der Waals surface area contributed by atoms with Crippen LogP contribution in [0.2, 0.25) is 0 Å². The highest BCUT2D eigenvalue weighted by molar-refractivity contribution is 9.10. The van der Waals surface area contributed by atoms with Gasteiger partial charge in [-0.2, -0.15) is 0 Å². The predicted molar refractivity (Wildman–Crippen MR) is 89.4 cm³/mol. The van der Waals surface area contributed by atoms with E-state index < -0.39 is 0 Å². The lowest BCUT2D eigenvalue weighted by molar-refractivity contribution is -0.121. The minimum Gasteiger partial charge on any atom is -0.324 e. The lowest BCUT2D eigenvalue weighted by atomic mass is 9.78. The molecule has 108 valence electrons. The van der Waals surface area contributed by atoms with E-state index in [0.717, 1.165) is 41.4 Å². The smallest absolute Gasteiger partial charge is 0.235 e. The van der Waals surface area contributed by atoms with E-state index in [1.807, 2.05) is 42.5 Å². The van der Waals surface area contributed by atoms with Crippen LogP contribution in [0.5, 0.6) is 0 Å². The van der Waals surface area contributed by atoms with Crippen LogP contribution in [0.25, 0.3) is 0 Å². The fourth-order valence-corrected chi connectivity index (χ4v) is 3.57. The quantitative estimate of drug-likeness (QED) is 0.843. The molecule has 0 unspecified atom stereocenters. The van der Waals surface area contributed by atoms with Gasteiger partial charge in [-0.25, -0.2) is 0 Å². The van der Waals surface area contributed by atoms with Crippen molar-refractivity contribution in [3.05, 3.63) is 64.6 Å². The van der Waals surface area contributed by atoms with Crippen LogP contribution in [0, 0.1) is 0 Å². The molecule has 3 rings (SSSR count). The molecule has 0 atom stereocenters. The zero-order valence-corrected chi connectivity index (χ0v) is 13.4. The average Bonchev–Trinajstić information content (AvgIpc) is 3.01. The average molecular weight is 344 g/mol. The van der Waals surface area contributed by atoms with Crippen molar-refractivity contribution in [1.82, 2.24) is 0 Å². The number of carbonyl (C=O) groups is 1. The van der Waals surface area contributed by atoms with E-state index in [-0.39, 0.29) is 11.3 Å². The van der Waals surface area contributed by atoms with E-state index >= 15 is 0 Å². The van der Waals surface area contributed by atoms with Gasteiger partial charge in [0.1, 0.15) is 0 Å². The number of hydrogen-bond acceptors (Lipinski definition) is 1. The maximum Gasteiger partial charge on any atom is 0.235 e. The van der Waals surface area contributed by atoms with E-state index in [2.05, 4.69) is 33.4 Å². The molecule has 0 heterocycles. The van der Waals surface area contributed by atoms with Gasteiger partial charge in [0.2, 0.25) is 5.91 Å². The van der Waals surface area contributed by atoms with E-state index in [0.29, 0.717) is 0 Å². The molecule has 0 bridgehead atoms. The summed E-state index contributed by atoms with van der Waals surface area (Å²) in [5.74, 6) is 0.109. The second-order valence-electron chi connectivity index (χ2n) is 5.59. The number of rotatable bonds is 3. The van der Waals surface area contributed by atoms with Gasteiger partial charge in [0, 0.05) is 4.47 Å². The van der Waals surface area contributed by atoms with Crippen LogP contribution in [0.3, 0.4) is 0 Å². The molecular weight excluding hydrogens is 326 g/mol. The number of benzene rings is 2. The van der Waals surface area contributed by atoms with Crippen molar-refractivity contribution in [2.24, 2.45) is 0 Å². The Morgan fingerprint density at radius 2 is 1.57 bits per heavy atom. The molecule has 0 radical (unpaired) electrons. The van der Waals surface area contributed by atoms with E-state index in [4.69, 9.17) is 0 Å². The molecule has 2 aromatic rings. The zero-order chi connectivity index (χ0) is 14.7. The van der Waals surface area contributed by atoms with Crippen molar-refractivity contribution in [2.45, 2.75) is 31.1 Å². The Hall–Kier alpha value is -1.61. The van der Waals surface area contributed by atoms with Gasteiger partial charge in [-0.15, -0.1) is 0 Å². The molecule has 1 fully saturated rings. The third-order valence-electron chi connectivity index (χ3n) is 4.34. The molecule has 1 saturated carbocycles. The summed E-state index contributed by atoms with van der Waals surface area (Å²) in [5.41, 5.74) is 1.59. The Morgan fingerprint density at radius 3 is 2.24 bits per heavy atom. The highest BCUT2D eigenvalue weighted by Crippen LogP contribution is 2.42. The minimum absolute atomic E-state index is 0.109. The van der Waals surface area contributed by atoms with Crippen LogP contribution in [0.15, 0.2) is 59.1 Å². The van der Waals surface area contributed by atoms with E-state index in [1.54, 1.807) is 0 Å². The maximum atomic E-state index is 13.0. The van der Waals surface area contributed by atoms with Crippen molar-refractivity contribution in [3.63, 3.8) is 0 Å². The number of anilines is 1. The molecule has 1 aliphatic rings. The Kier molecular flexibility index (Phi) is 4.11. The molecule has 3 heteroatoms. The normalized spacial score (nSPS) is 16.6. The predicted octanol–water partition coefficient (Wildman–Crippen LogP) is 4.90. The largest absolute Gasteiger partial charge is 0.324 e. The summed E-state index contributed by atoms with van der Waals surface area (Å²) in [7, 11) is 0. The van der Waals surface area contributed by atoms with Gasteiger partial charge in [-0.3, -0.25) is 4.79 Å². The molecule has 0 aliphatic heterocycles. The molecule has 0 saturated heterocycles. The first-order valence-corrected chi connectivity index (χ1v) is 8.13. The van der Waals surface area contributed by atoms with Crippen molar-refractivity contribution in [1.29, 1.82) is 0 Å². The summed E-state index contributed by atoms with van der Waals surface area (Å²) in [6.07, 6.45) is 4.07. The second-order valence-corrected chi connectivity index (χ2v) is 6.44. The molecule has 1 amide bonds. The Labute approximate surface area is 133 Å². The second kappa shape index (κ2) is 6.02. The Balaban J connectivity index is 1.92. The molecule has 1 N–H and O–H groups in total. The van der Waals surface area contributed by atoms with Gasteiger partial charge in [0.05, 0.1) is 11.1 Å². The first kappa shape index (κ1) is 14.3. The molecule has 1 aliphatic carbocycles. The molecule has 2 nitrogen and oxygen atoms in total. The van der Waals surface area contributed by atoms with Crippen LogP contribution < -0.4 is 5.32 Å². The summed E-state index contributed by atoms with van der Waals surface area (Å²) in [6, 6.07) is 17.9. The summed E-state index contributed by atoms with van der Waals surface area (Å²) in [6.45, 7) is 0. The molecule has 0 aromatic heterocycles. The Bertz CT molecular complexity index is 633. The summed E-state index contributed by atoms with van der Waals surface area (Å²) in [5, 5.41) is 3.11. The van der Waals surface area contributed by atoms with Crippen LogP contribution in [0.4, 0.5) is 5.69 Å². The van der Waals surface area contributed by atoms with Crippen molar-refractivity contribution in [2.75, 3.05) is 5.32 Å².